The minimum atomic E-state index is -1.20. The van der Waals surface area contributed by atoms with E-state index in [0.717, 1.165) is 0 Å². The van der Waals surface area contributed by atoms with E-state index in [1.54, 1.807) is 24.3 Å². The maximum atomic E-state index is 11.7. The van der Waals surface area contributed by atoms with Gasteiger partial charge in [0.2, 0.25) is 0 Å². The van der Waals surface area contributed by atoms with Crippen molar-refractivity contribution in [1.29, 1.82) is 0 Å². The average Bonchev–Trinajstić information content (AvgIpc) is 2.59. The van der Waals surface area contributed by atoms with E-state index in [4.69, 9.17) is 18.9 Å². The summed E-state index contributed by atoms with van der Waals surface area (Å²) >= 11 is 0. The van der Waals surface area contributed by atoms with E-state index < -0.39 is 48.3 Å². The molecule has 0 radical (unpaired) electrons. The minimum absolute atomic E-state index is 0.469. The van der Waals surface area contributed by atoms with Crippen LogP contribution in [0.2, 0.25) is 0 Å². The molecule has 8 heteroatoms. The zero-order valence-electron chi connectivity index (χ0n) is 16.0. The van der Waals surface area contributed by atoms with Gasteiger partial charge in [0.05, 0.1) is 0 Å². The topological polar surface area (TPSA) is 105 Å². The highest BCUT2D eigenvalue weighted by atomic mass is 16.6. The van der Waals surface area contributed by atoms with Crippen molar-refractivity contribution in [2.75, 3.05) is 0 Å². The average molecular weight is 390 g/mol. The van der Waals surface area contributed by atoms with Crippen molar-refractivity contribution in [3.8, 4) is 0 Å². The maximum absolute atomic E-state index is 11.7. The van der Waals surface area contributed by atoms with Crippen LogP contribution in [0.4, 0.5) is 0 Å². The smallest absolute Gasteiger partial charge is 0.303 e. The van der Waals surface area contributed by atoms with Crippen LogP contribution in [0.5, 0.6) is 0 Å². The normalized spacial score (nSPS) is 23.8. The van der Waals surface area contributed by atoms with Gasteiger partial charge in [0, 0.05) is 33.3 Å². The zero-order chi connectivity index (χ0) is 20.8. The Hall–Kier alpha value is -3.16. The van der Waals surface area contributed by atoms with Crippen LogP contribution in [-0.2, 0) is 38.1 Å². The second-order valence-electron chi connectivity index (χ2n) is 6.24. The molecular weight excluding hydrogens is 368 g/mol. The first-order chi connectivity index (χ1) is 13.2. The van der Waals surface area contributed by atoms with E-state index >= 15 is 0 Å². The second kappa shape index (κ2) is 9.16. The van der Waals surface area contributed by atoms with Crippen LogP contribution in [0.3, 0.4) is 0 Å². The fourth-order valence-electron chi connectivity index (χ4n) is 3.04. The molecule has 0 fully saturated rings. The Morgan fingerprint density at radius 2 is 1.18 bits per heavy atom. The summed E-state index contributed by atoms with van der Waals surface area (Å²) in [5.74, 6) is -2.57. The number of carbonyl (C=O) groups excluding carboxylic acids is 4. The fourth-order valence-corrected chi connectivity index (χ4v) is 3.04. The van der Waals surface area contributed by atoms with Gasteiger partial charge in [-0.25, -0.2) is 0 Å². The lowest BCUT2D eigenvalue weighted by Gasteiger charge is -2.39. The van der Waals surface area contributed by atoms with Crippen molar-refractivity contribution in [3.05, 3.63) is 42.0 Å². The van der Waals surface area contributed by atoms with Crippen LogP contribution >= 0.6 is 0 Å². The first kappa shape index (κ1) is 21.1. The number of rotatable bonds is 5. The van der Waals surface area contributed by atoms with Gasteiger partial charge in [-0.15, -0.1) is 0 Å². The summed E-state index contributed by atoms with van der Waals surface area (Å²) in [5, 5.41) is 0. The molecule has 0 aromatic heterocycles. The van der Waals surface area contributed by atoms with Crippen molar-refractivity contribution in [2.45, 2.75) is 52.1 Å². The van der Waals surface area contributed by atoms with Crippen LogP contribution in [-0.4, -0.2) is 48.3 Å². The molecule has 4 atom stereocenters. The number of ether oxygens (including phenoxy) is 4. The second-order valence-corrected chi connectivity index (χ2v) is 6.24. The Balaban J connectivity index is 2.62. The SMILES string of the molecule is CC(=O)O[C@@H]1[C@@H](OC(C)=O)[C@H](OC(C)=O)C=C(c2ccccc2)[C@H]1OC(C)=O. The van der Waals surface area contributed by atoms with E-state index in [9.17, 15) is 19.2 Å². The number of esters is 4. The van der Waals surface area contributed by atoms with Crippen molar-refractivity contribution < 1.29 is 38.1 Å². The van der Waals surface area contributed by atoms with Crippen LogP contribution in [0.25, 0.3) is 5.57 Å². The highest BCUT2D eigenvalue weighted by molar-refractivity contribution is 5.77. The van der Waals surface area contributed by atoms with E-state index in [1.807, 2.05) is 6.07 Å². The van der Waals surface area contributed by atoms with Gasteiger partial charge in [-0.05, 0) is 11.6 Å². The quantitative estimate of drug-likeness (QED) is 0.554. The van der Waals surface area contributed by atoms with Crippen molar-refractivity contribution in [3.63, 3.8) is 0 Å². The summed E-state index contributed by atoms with van der Waals surface area (Å²) < 4.78 is 21.4. The minimum Gasteiger partial charge on any atom is -0.454 e. The molecule has 0 saturated heterocycles. The molecule has 0 saturated carbocycles. The van der Waals surface area contributed by atoms with E-state index in [0.29, 0.717) is 11.1 Å². The summed E-state index contributed by atoms with van der Waals surface area (Å²) in [6.07, 6.45) is -2.93. The molecule has 1 aliphatic rings. The molecule has 0 heterocycles. The molecule has 1 aromatic rings. The molecule has 8 nitrogen and oxygen atoms in total. The zero-order valence-corrected chi connectivity index (χ0v) is 16.0. The molecule has 1 aromatic carbocycles. The molecule has 0 N–H and O–H groups in total. The van der Waals surface area contributed by atoms with Crippen LogP contribution in [0, 0.1) is 0 Å². The Morgan fingerprint density at radius 1 is 0.679 bits per heavy atom. The summed E-state index contributed by atoms with van der Waals surface area (Å²) in [4.78, 5) is 46.7. The van der Waals surface area contributed by atoms with E-state index in [1.165, 1.54) is 33.8 Å². The third kappa shape index (κ3) is 5.42. The van der Waals surface area contributed by atoms with Gasteiger partial charge in [-0.1, -0.05) is 30.3 Å². The van der Waals surface area contributed by atoms with Gasteiger partial charge in [0.1, 0.15) is 0 Å². The first-order valence-corrected chi connectivity index (χ1v) is 8.65. The fraction of sp³-hybridized carbons (Fsp3) is 0.400. The molecule has 0 amide bonds. The van der Waals surface area contributed by atoms with Gasteiger partial charge in [-0.3, -0.25) is 19.2 Å². The van der Waals surface area contributed by atoms with Gasteiger partial charge in [0.25, 0.3) is 0 Å². The summed E-state index contributed by atoms with van der Waals surface area (Å²) in [5.41, 5.74) is 1.14. The molecule has 0 unspecified atom stereocenters. The molecule has 1 aliphatic carbocycles. The molecule has 0 bridgehead atoms. The molecular formula is C20H22O8. The highest BCUT2D eigenvalue weighted by Crippen LogP contribution is 2.35. The molecule has 0 aliphatic heterocycles. The molecule has 0 spiro atoms. The Labute approximate surface area is 162 Å². The lowest BCUT2D eigenvalue weighted by molar-refractivity contribution is -0.192. The first-order valence-electron chi connectivity index (χ1n) is 8.65. The lowest BCUT2D eigenvalue weighted by Crippen LogP contribution is -2.54. The van der Waals surface area contributed by atoms with E-state index in [-0.39, 0.29) is 0 Å². The van der Waals surface area contributed by atoms with Crippen molar-refractivity contribution in [2.24, 2.45) is 0 Å². The Bertz CT molecular complexity index is 783. The van der Waals surface area contributed by atoms with Crippen LogP contribution < -0.4 is 0 Å². The van der Waals surface area contributed by atoms with Crippen molar-refractivity contribution in [1.82, 2.24) is 0 Å². The third-order valence-corrected chi connectivity index (χ3v) is 3.90. The number of hydrogen-bond donors (Lipinski definition) is 0. The number of hydrogen-bond acceptors (Lipinski definition) is 8. The van der Waals surface area contributed by atoms with Crippen LogP contribution in [0.1, 0.15) is 33.3 Å². The largest absolute Gasteiger partial charge is 0.454 e. The standard InChI is InChI=1S/C20H22O8/c1-11(21)25-17-10-16(15-8-6-5-7-9-15)18(26-12(2)22)20(28-14(4)24)19(17)27-13(3)23/h5-10,17-20H,1-4H3/t17-,18-,19+,20+/m1/s1. The van der Waals surface area contributed by atoms with Crippen LogP contribution in [0.15, 0.2) is 36.4 Å². The van der Waals surface area contributed by atoms with Gasteiger partial charge in [-0.2, -0.15) is 0 Å². The van der Waals surface area contributed by atoms with Gasteiger partial charge < -0.3 is 18.9 Å². The Kier molecular flexibility index (Phi) is 6.92. The lowest BCUT2D eigenvalue weighted by atomic mass is 9.85. The molecule has 28 heavy (non-hydrogen) atoms. The highest BCUT2D eigenvalue weighted by Gasteiger charge is 2.48. The maximum Gasteiger partial charge on any atom is 0.303 e. The summed E-state index contributed by atoms with van der Waals surface area (Å²) in [7, 11) is 0. The molecule has 150 valence electrons. The predicted molar refractivity (Wildman–Crippen MR) is 96.6 cm³/mol. The summed E-state index contributed by atoms with van der Waals surface area (Å²) in [6, 6.07) is 8.90. The van der Waals surface area contributed by atoms with E-state index in [2.05, 4.69) is 0 Å². The summed E-state index contributed by atoms with van der Waals surface area (Å²) in [6.45, 7) is 4.77. The van der Waals surface area contributed by atoms with Gasteiger partial charge >= 0.3 is 23.9 Å². The number of carbonyl (C=O) groups is 4. The number of benzene rings is 1. The monoisotopic (exact) mass is 390 g/mol. The predicted octanol–water partition coefficient (Wildman–Crippen LogP) is 1.81. The van der Waals surface area contributed by atoms with Gasteiger partial charge in [0.15, 0.2) is 24.4 Å². The Morgan fingerprint density at radius 3 is 1.68 bits per heavy atom. The third-order valence-electron chi connectivity index (χ3n) is 3.90. The van der Waals surface area contributed by atoms with Crippen molar-refractivity contribution >= 4 is 29.5 Å². The molecule has 2 rings (SSSR count).